The zero-order valence-corrected chi connectivity index (χ0v) is 18.7. The van der Waals surface area contributed by atoms with Crippen molar-refractivity contribution in [1.82, 2.24) is 5.32 Å². The fourth-order valence-corrected chi connectivity index (χ4v) is 4.75. The van der Waals surface area contributed by atoms with Gasteiger partial charge in [-0.15, -0.1) is 0 Å². The second-order valence-electron chi connectivity index (χ2n) is 8.02. The molecular weight excluding hydrogens is 406 g/mol. The Morgan fingerprint density at radius 1 is 0.969 bits per heavy atom. The molecule has 6 nitrogen and oxygen atoms in total. The first-order valence-corrected chi connectivity index (χ1v) is 10.6. The normalized spacial score (nSPS) is 20.4. The Kier molecular flexibility index (Phi) is 6.04. The van der Waals surface area contributed by atoms with Gasteiger partial charge in [0, 0.05) is 29.0 Å². The van der Waals surface area contributed by atoms with Gasteiger partial charge >= 0.3 is 5.97 Å². The molecule has 1 N–H and O–H groups in total. The Hall–Kier alpha value is -3.54. The molecule has 2 aliphatic rings. The second kappa shape index (κ2) is 8.91. The lowest BCUT2D eigenvalue weighted by molar-refractivity contribution is -0.136. The molecule has 0 bridgehead atoms. The van der Waals surface area contributed by atoms with Gasteiger partial charge in [-0.2, -0.15) is 0 Å². The zero-order valence-electron chi connectivity index (χ0n) is 18.7. The Balaban J connectivity index is 1.80. The first-order valence-electron chi connectivity index (χ1n) is 10.6. The predicted octanol–water partition coefficient (Wildman–Crippen LogP) is 4.24. The Bertz CT molecular complexity index is 1110. The average molecular weight is 434 g/mol. The molecule has 0 amide bonds. The summed E-state index contributed by atoms with van der Waals surface area (Å²) in [4.78, 5) is 26.3. The second-order valence-corrected chi connectivity index (χ2v) is 8.02. The highest BCUT2D eigenvalue weighted by atomic mass is 16.5. The maximum Gasteiger partial charge on any atom is 0.336 e. The number of carbonyl (C=O) groups is 2. The third-order valence-electron chi connectivity index (χ3n) is 6.27. The number of hydrogen-bond donors (Lipinski definition) is 1. The number of ether oxygens (including phenoxy) is 3. The van der Waals surface area contributed by atoms with Crippen molar-refractivity contribution in [2.24, 2.45) is 0 Å². The first-order chi connectivity index (χ1) is 15.5. The number of dihydropyridines is 1. The standard InChI is InChI=1S/C26H27NO5/c1-15-23(26(29)32-4)24(19-7-5-6-8-22(19)31-3)25-20(27-15)13-17(14-21(25)28)16-9-11-18(30-2)12-10-16/h5-12,17,24,27H,13-14H2,1-4H3/t17-,24-/m1/s1. The Morgan fingerprint density at radius 2 is 1.69 bits per heavy atom. The maximum absolute atomic E-state index is 13.5. The average Bonchev–Trinajstić information content (AvgIpc) is 2.82. The SMILES string of the molecule is COC(=O)C1=C(C)NC2=C(C(=O)C[C@H](c3ccc(OC)cc3)C2)[C@@H]1c1ccccc1OC. The number of nitrogens with one attached hydrogen (secondary N) is 1. The lowest BCUT2D eigenvalue weighted by Crippen LogP contribution is -2.36. The minimum Gasteiger partial charge on any atom is -0.497 e. The van der Waals surface area contributed by atoms with Gasteiger partial charge in [-0.1, -0.05) is 30.3 Å². The van der Waals surface area contributed by atoms with Crippen LogP contribution in [0.3, 0.4) is 0 Å². The van der Waals surface area contributed by atoms with Crippen molar-refractivity contribution in [2.45, 2.75) is 31.6 Å². The number of hydrogen-bond acceptors (Lipinski definition) is 6. The summed E-state index contributed by atoms with van der Waals surface area (Å²) in [5.74, 6) is 0.478. The van der Waals surface area contributed by atoms with Crippen molar-refractivity contribution in [3.05, 3.63) is 82.2 Å². The molecular formula is C26H27NO5. The third-order valence-corrected chi connectivity index (χ3v) is 6.27. The molecule has 2 aromatic rings. The lowest BCUT2D eigenvalue weighted by atomic mass is 9.71. The molecule has 1 aliphatic heterocycles. The lowest BCUT2D eigenvalue weighted by Gasteiger charge is -2.37. The quantitative estimate of drug-likeness (QED) is 0.711. The third kappa shape index (κ3) is 3.77. The summed E-state index contributed by atoms with van der Waals surface area (Å²) in [5.41, 5.74) is 4.46. The van der Waals surface area contributed by atoms with Gasteiger partial charge in [0.15, 0.2) is 5.78 Å². The van der Waals surface area contributed by atoms with Crippen LogP contribution in [0, 0.1) is 0 Å². The molecule has 0 unspecified atom stereocenters. The molecule has 0 fully saturated rings. The van der Waals surface area contributed by atoms with E-state index in [1.54, 1.807) is 14.2 Å². The van der Waals surface area contributed by atoms with Gasteiger partial charge in [-0.25, -0.2) is 4.79 Å². The largest absolute Gasteiger partial charge is 0.497 e. The van der Waals surface area contributed by atoms with Gasteiger partial charge in [-0.3, -0.25) is 4.79 Å². The van der Waals surface area contributed by atoms with Crippen molar-refractivity contribution < 1.29 is 23.8 Å². The molecule has 2 aromatic carbocycles. The van der Waals surface area contributed by atoms with Gasteiger partial charge in [0.2, 0.25) is 0 Å². The van der Waals surface area contributed by atoms with Crippen LogP contribution in [0.2, 0.25) is 0 Å². The number of rotatable bonds is 5. The topological polar surface area (TPSA) is 73.9 Å². The summed E-state index contributed by atoms with van der Waals surface area (Å²) in [6.45, 7) is 1.85. The van der Waals surface area contributed by atoms with Crippen molar-refractivity contribution in [3.63, 3.8) is 0 Å². The maximum atomic E-state index is 13.5. The number of benzene rings is 2. The minimum atomic E-state index is -0.542. The highest BCUT2D eigenvalue weighted by molar-refractivity contribution is 6.04. The number of methoxy groups -OCH3 is 3. The molecule has 166 valence electrons. The van der Waals surface area contributed by atoms with Crippen LogP contribution < -0.4 is 14.8 Å². The summed E-state index contributed by atoms with van der Waals surface area (Å²) in [6.07, 6.45) is 1.04. The molecule has 0 saturated carbocycles. The van der Waals surface area contributed by atoms with E-state index in [4.69, 9.17) is 14.2 Å². The fraction of sp³-hybridized carbons (Fsp3) is 0.308. The summed E-state index contributed by atoms with van der Waals surface area (Å²) in [6, 6.07) is 15.3. The number of carbonyl (C=O) groups excluding carboxylic acids is 2. The molecule has 1 aliphatic carbocycles. The van der Waals surface area contributed by atoms with E-state index in [0.29, 0.717) is 35.4 Å². The molecule has 4 rings (SSSR count). The van der Waals surface area contributed by atoms with Gasteiger partial charge in [0.05, 0.1) is 32.8 Å². The number of Topliss-reactive ketones (excluding diaryl/α,β-unsaturated/α-hetero) is 1. The first kappa shape index (κ1) is 21.7. The minimum absolute atomic E-state index is 0.0179. The Labute approximate surface area is 187 Å². The number of allylic oxidation sites excluding steroid dienone is 3. The van der Waals surface area contributed by atoms with Crippen LogP contribution in [-0.4, -0.2) is 33.1 Å². The molecule has 32 heavy (non-hydrogen) atoms. The molecule has 1 heterocycles. The van der Waals surface area contributed by atoms with Crippen LogP contribution in [-0.2, 0) is 14.3 Å². The number of para-hydroxylation sites is 1. The monoisotopic (exact) mass is 433 g/mol. The van der Waals surface area contributed by atoms with Crippen LogP contribution in [0.4, 0.5) is 0 Å². The van der Waals surface area contributed by atoms with E-state index in [2.05, 4.69) is 5.32 Å². The van der Waals surface area contributed by atoms with E-state index in [1.807, 2.05) is 55.5 Å². The molecule has 6 heteroatoms. The van der Waals surface area contributed by atoms with E-state index in [1.165, 1.54) is 7.11 Å². The number of esters is 1. The van der Waals surface area contributed by atoms with Gasteiger partial charge in [0.25, 0.3) is 0 Å². The van der Waals surface area contributed by atoms with Crippen molar-refractivity contribution in [3.8, 4) is 11.5 Å². The van der Waals surface area contributed by atoms with Gasteiger partial charge < -0.3 is 19.5 Å². The van der Waals surface area contributed by atoms with E-state index >= 15 is 0 Å². The van der Waals surface area contributed by atoms with Crippen LogP contribution in [0.25, 0.3) is 0 Å². The van der Waals surface area contributed by atoms with Crippen LogP contribution in [0.1, 0.15) is 42.7 Å². The van der Waals surface area contributed by atoms with Crippen LogP contribution in [0.15, 0.2) is 71.1 Å². The fourth-order valence-electron chi connectivity index (χ4n) is 4.75. The smallest absolute Gasteiger partial charge is 0.336 e. The molecule has 0 aromatic heterocycles. The molecule has 0 spiro atoms. The van der Waals surface area contributed by atoms with Gasteiger partial charge in [-0.05, 0) is 43.0 Å². The van der Waals surface area contributed by atoms with E-state index in [9.17, 15) is 9.59 Å². The summed E-state index contributed by atoms with van der Waals surface area (Å²) >= 11 is 0. The van der Waals surface area contributed by atoms with Gasteiger partial charge in [0.1, 0.15) is 11.5 Å². The highest BCUT2D eigenvalue weighted by Crippen LogP contribution is 2.47. The summed E-state index contributed by atoms with van der Waals surface area (Å²) in [5, 5.41) is 3.35. The van der Waals surface area contributed by atoms with Crippen molar-refractivity contribution >= 4 is 11.8 Å². The molecule has 0 saturated heterocycles. The highest BCUT2D eigenvalue weighted by Gasteiger charge is 2.42. The zero-order chi connectivity index (χ0) is 22.8. The van der Waals surface area contributed by atoms with E-state index in [-0.39, 0.29) is 11.7 Å². The molecule has 0 radical (unpaired) electrons. The predicted molar refractivity (Wildman–Crippen MR) is 121 cm³/mol. The van der Waals surface area contributed by atoms with E-state index in [0.717, 1.165) is 22.6 Å². The number of ketones is 1. The Morgan fingerprint density at radius 3 is 2.34 bits per heavy atom. The van der Waals surface area contributed by atoms with Crippen LogP contribution >= 0.6 is 0 Å². The van der Waals surface area contributed by atoms with E-state index < -0.39 is 11.9 Å². The van der Waals surface area contributed by atoms with Crippen molar-refractivity contribution in [1.29, 1.82) is 0 Å². The summed E-state index contributed by atoms with van der Waals surface area (Å²) in [7, 11) is 4.58. The molecule has 2 atom stereocenters. The summed E-state index contributed by atoms with van der Waals surface area (Å²) < 4.78 is 15.9. The van der Waals surface area contributed by atoms with Crippen molar-refractivity contribution in [2.75, 3.05) is 21.3 Å². The van der Waals surface area contributed by atoms with Crippen LogP contribution in [0.5, 0.6) is 11.5 Å².